The second-order valence-electron chi connectivity index (χ2n) is 7.03. The summed E-state index contributed by atoms with van der Waals surface area (Å²) >= 11 is 0. The van der Waals surface area contributed by atoms with Crippen molar-refractivity contribution in [2.45, 2.75) is 26.2 Å². The first-order chi connectivity index (χ1) is 10.6. The number of carbonyl (C=O) groups is 1. The van der Waals surface area contributed by atoms with Crippen LogP contribution in [0.15, 0.2) is 42.6 Å². The van der Waals surface area contributed by atoms with Crippen LogP contribution in [0.2, 0.25) is 0 Å². The van der Waals surface area contributed by atoms with E-state index in [2.05, 4.69) is 31.1 Å². The Morgan fingerprint density at radius 3 is 2.09 bits per heavy atom. The van der Waals surface area contributed by atoms with E-state index in [-0.39, 0.29) is 11.3 Å². The van der Waals surface area contributed by atoms with Crippen LogP contribution in [0.25, 0.3) is 0 Å². The summed E-state index contributed by atoms with van der Waals surface area (Å²) in [4.78, 5) is 16.6. The maximum atomic E-state index is 12.2. The van der Waals surface area contributed by atoms with Crippen LogP contribution >= 0.6 is 7.14 Å². The van der Waals surface area contributed by atoms with Gasteiger partial charge in [-0.15, -0.1) is 0 Å². The molecule has 0 atom stereocenters. The van der Waals surface area contributed by atoms with Crippen molar-refractivity contribution in [3.8, 4) is 0 Å². The first-order valence-electron chi connectivity index (χ1n) is 7.51. The fourth-order valence-electron chi connectivity index (χ4n) is 2.09. The monoisotopic (exact) mass is 330 g/mol. The third-order valence-corrected chi connectivity index (χ3v) is 5.08. The molecule has 1 aromatic heterocycles. The molecule has 1 amide bonds. The summed E-state index contributed by atoms with van der Waals surface area (Å²) in [5.41, 5.74) is 2.14. The Hall–Kier alpha value is -1.93. The number of carbonyl (C=O) groups excluding carboxylic acids is 1. The van der Waals surface area contributed by atoms with Crippen LogP contribution in [-0.4, -0.2) is 24.2 Å². The Labute approximate surface area is 137 Å². The Bertz CT molecular complexity index is 738. The molecule has 0 radical (unpaired) electrons. The fourth-order valence-corrected chi connectivity index (χ4v) is 2.95. The summed E-state index contributed by atoms with van der Waals surface area (Å²) in [6.45, 7) is 9.70. The van der Waals surface area contributed by atoms with Gasteiger partial charge in [0, 0.05) is 22.0 Å². The first-order valence-corrected chi connectivity index (χ1v) is 10.1. The van der Waals surface area contributed by atoms with Gasteiger partial charge >= 0.3 is 0 Å². The molecule has 2 rings (SSSR count). The Kier molecular flexibility index (Phi) is 4.76. The minimum Gasteiger partial charge on any atom is -0.321 e. The second-order valence-corrected chi connectivity index (χ2v) is 10.3. The fraction of sp³-hybridized carbons (Fsp3) is 0.333. The first kappa shape index (κ1) is 17.4. The third kappa shape index (κ3) is 4.52. The minimum atomic E-state index is -2.30. The van der Waals surface area contributed by atoms with Gasteiger partial charge in [0.25, 0.3) is 5.91 Å². The lowest BCUT2D eigenvalue weighted by Crippen LogP contribution is -2.15. The molecule has 0 bridgehead atoms. The molecular weight excluding hydrogens is 307 g/mol. The van der Waals surface area contributed by atoms with Crippen molar-refractivity contribution >= 4 is 24.0 Å². The van der Waals surface area contributed by atoms with Crippen molar-refractivity contribution in [1.82, 2.24) is 4.98 Å². The van der Waals surface area contributed by atoms with E-state index in [1.807, 2.05) is 12.1 Å². The lowest BCUT2D eigenvalue weighted by Gasteiger charge is -2.17. The molecule has 122 valence electrons. The maximum Gasteiger partial charge on any atom is 0.255 e. The SMILES string of the molecule is CC(C)(C)c1ccc(NC(=O)c2ccc(P(C)(C)=O)cc2)cn1. The van der Waals surface area contributed by atoms with Gasteiger partial charge in [0.1, 0.15) is 7.14 Å². The van der Waals surface area contributed by atoms with Crippen molar-refractivity contribution < 1.29 is 9.36 Å². The summed E-state index contributed by atoms with van der Waals surface area (Å²) in [7, 11) is -2.30. The molecule has 23 heavy (non-hydrogen) atoms. The number of aromatic nitrogens is 1. The van der Waals surface area contributed by atoms with E-state index in [9.17, 15) is 9.36 Å². The van der Waals surface area contributed by atoms with Crippen LogP contribution in [0.3, 0.4) is 0 Å². The number of hydrogen-bond acceptors (Lipinski definition) is 3. The van der Waals surface area contributed by atoms with Gasteiger partial charge in [-0.25, -0.2) is 0 Å². The van der Waals surface area contributed by atoms with E-state index in [0.717, 1.165) is 11.0 Å². The molecular formula is C18H23N2O2P. The summed E-state index contributed by atoms with van der Waals surface area (Å²) in [5, 5.41) is 3.59. The zero-order valence-electron chi connectivity index (χ0n) is 14.3. The normalized spacial score (nSPS) is 12.0. The Morgan fingerprint density at radius 1 is 1.04 bits per heavy atom. The number of hydrogen-bond donors (Lipinski definition) is 1. The van der Waals surface area contributed by atoms with E-state index < -0.39 is 7.14 Å². The van der Waals surface area contributed by atoms with Gasteiger partial charge in [-0.1, -0.05) is 32.9 Å². The Morgan fingerprint density at radius 2 is 1.65 bits per heavy atom. The largest absolute Gasteiger partial charge is 0.321 e. The number of rotatable bonds is 3. The van der Waals surface area contributed by atoms with Gasteiger partial charge in [0.15, 0.2) is 0 Å². The summed E-state index contributed by atoms with van der Waals surface area (Å²) in [6, 6.07) is 10.7. The number of anilines is 1. The molecule has 0 saturated carbocycles. The van der Waals surface area contributed by atoms with Crippen molar-refractivity contribution in [3.05, 3.63) is 53.9 Å². The minimum absolute atomic E-state index is 0.0212. The van der Waals surface area contributed by atoms with Gasteiger partial charge in [0.05, 0.1) is 11.9 Å². The number of nitrogens with zero attached hydrogens (tertiary/aromatic N) is 1. The third-order valence-electron chi connectivity index (χ3n) is 3.54. The van der Waals surface area contributed by atoms with E-state index in [4.69, 9.17) is 0 Å². The number of pyridine rings is 1. The quantitative estimate of drug-likeness (QED) is 0.869. The molecule has 1 aromatic carbocycles. The highest BCUT2D eigenvalue weighted by Gasteiger charge is 2.16. The predicted molar refractivity (Wildman–Crippen MR) is 96.4 cm³/mol. The molecule has 0 aliphatic heterocycles. The molecule has 2 aromatic rings. The lowest BCUT2D eigenvalue weighted by atomic mass is 9.92. The molecule has 0 unspecified atom stereocenters. The van der Waals surface area contributed by atoms with Gasteiger partial charge < -0.3 is 9.88 Å². The highest BCUT2D eigenvalue weighted by atomic mass is 31.2. The molecule has 0 aliphatic carbocycles. The second kappa shape index (κ2) is 6.29. The predicted octanol–water partition coefficient (Wildman–Crippen LogP) is 3.88. The average Bonchev–Trinajstić information content (AvgIpc) is 2.46. The van der Waals surface area contributed by atoms with Crippen molar-refractivity contribution in [2.75, 3.05) is 18.6 Å². The van der Waals surface area contributed by atoms with Crippen LogP contribution in [0, 0.1) is 0 Å². The summed E-state index contributed by atoms with van der Waals surface area (Å²) in [5.74, 6) is -0.205. The Balaban J connectivity index is 2.11. The summed E-state index contributed by atoms with van der Waals surface area (Å²) in [6.07, 6.45) is 1.67. The van der Waals surface area contributed by atoms with Crippen LogP contribution in [-0.2, 0) is 9.98 Å². The molecule has 4 nitrogen and oxygen atoms in total. The van der Waals surface area contributed by atoms with E-state index >= 15 is 0 Å². The van der Waals surface area contributed by atoms with E-state index in [1.165, 1.54) is 0 Å². The molecule has 0 aliphatic rings. The molecule has 5 heteroatoms. The van der Waals surface area contributed by atoms with Crippen molar-refractivity contribution in [1.29, 1.82) is 0 Å². The highest BCUT2D eigenvalue weighted by molar-refractivity contribution is 7.70. The van der Waals surface area contributed by atoms with Crippen LogP contribution in [0.1, 0.15) is 36.8 Å². The van der Waals surface area contributed by atoms with Crippen LogP contribution < -0.4 is 10.6 Å². The van der Waals surface area contributed by atoms with Gasteiger partial charge in [-0.05, 0) is 37.6 Å². The maximum absolute atomic E-state index is 12.2. The topological polar surface area (TPSA) is 59.1 Å². The number of nitrogens with one attached hydrogen (secondary N) is 1. The highest BCUT2D eigenvalue weighted by Crippen LogP contribution is 2.34. The molecule has 0 fully saturated rings. The average molecular weight is 330 g/mol. The van der Waals surface area contributed by atoms with E-state index in [1.54, 1.807) is 43.8 Å². The zero-order valence-corrected chi connectivity index (χ0v) is 15.1. The van der Waals surface area contributed by atoms with Crippen molar-refractivity contribution in [3.63, 3.8) is 0 Å². The number of amides is 1. The number of benzene rings is 1. The summed E-state index contributed by atoms with van der Waals surface area (Å²) < 4.78 is 12.0. The molecule has 0 spiro atoms. The van der Waals surface area contributed by atoms with Crippen molar-refractivity contribution in [2.24, 2.45) is 0 Å². The lowest BCUT2D eigenvalue weighted by molar-refractivity contribution is 0.102. The van der Waals surface area contributed by atoms with Crippen LogP contribution in [0.4, 0.5) is 5.69 Å². The molecule has 1 N–H and O–H groups in total. The zero-order chi connectivity index (χ0) is 17.3. The molecule has 0 saturated heterocycles. The van der Waals surface area contributed by atoms with Crippen LogP contribution in [0.5, 0.6) is 0 Å². The molecule has 1 heterocycles. The van der Waals surface area contributed by atoms with Gasteiger partial charge in [0.2, 0.25) is 0 Å². The van der Waals surface area contributed by atoms with E-state index in [0.29, 0.717) is 11.3 Å². The van der Waals surface area contributed by atoms with Gasteiger partial charge in [-0.3, -0.25) is 9.78 Å². The smallest absolute Gasteiger partial charge is 0.255 e. The van der Waals surface area contributed by atoms with Gasteiger partial charge in [-0.2, -0.15) is 0 Å². The standard InChI is InChI=1S/C18H23N2O2P/c1-18(2,3)16-11-8-14(12-19-16)20-17(21)13-6-9-15(10-7-13)23(4,5)22/h6-12H,1-5H3,(H,20,21).